The van der Waals surface area contributed by atoms with Crippen LogP contribution in [-0.4, -0.2) is 72.0 Å². The van der Waals surface area contributed by atoms with E-state index in [0.717, 1.165) is 5.56 Å². The van der Waals surface area contributed by atoms with Crippen molar-refractivity contribution in [2.45, 2.75) is 76.0 Å². The largest absolute Gasteiger partial charge is 0.508 e. The molecular weight excluding hydrogens is 578 g/mol. The molecule has 2 aromatic carbocycles. The molecule has 4 atom stereocenters. The summed E-state index contributed by atoms with van der Waals surface area (Å²) in [5.74, 6) is -2.58. The summed E-state index contributed by atoms with van der Waals surface area (Å²) in [6.45, 7) is 2.44. The Morgan fingerprint density at radius 3 is 2.40 bits per heavy atom. The van der Waals surface area contributed by atoms with Crippen LogP contribution in [0, 0.1) is 6.92 Å². The van der Waals surface area contributed by atoms with Gasteiger partial charge in [0.25, 0.3) is 5.91 Å². The van der Waals surface area contributed by atoms with Gasteiger partial charge in [0.15, 0.2) is 5.96 Å². The Bertz CT molecular complexity index is 1380. The summed E-state index contributed by atoms with van der Waals surface area (Å²) in [7, 11) is 0. The normalized spacial score (nSPS) is 16.2. The molecule has 1 heterocycles. The zero-order valence-electron chi connectivity index (χ0n) is 25.6. The van der Waals surface area contributed by atoms with E-state index in [1.165, 1.54) is 11.0 Å². The molecule has 14 heteroatoms. The molecule has 1 aliphatic heterocycles. The van der Waals surface area contributed by atoms with Crippen LogP contribution in [-0.2, 0) is 32.0 Å². The minimum absolute atomic E-state index is 0.0618. The molecule has 45 heavy (non-hydrogen) atoms. The maximum Gasteiger partial charge on any atom is 0.250 e. The number of aromatic hydroxyl groups is 1. The number of amides is 4. The van der Waals surface area contributed by atoms with E-state index in [4.69, 9.17) is 28.7 Å². The number of aryl methyl sites for hydroxylation is 1. The van der Waals surface area contributed by atoms with Crippen LogP contribution in [0.4, 0.5) is 5.69 Å². The van der Waals surface area contributed by atoms with Crippen molar-refractivity contribution >= 4 is 35.3 Å². The molecule has 0 fully saturated rings. The van der Waals surface area contributed by atoms with Gasteiger partial charge in [0.2, 0.25) is 17.7 Å². The summed E-state index contributed by atoms with van der Waals surface area (Å²) < 4.78 is 0. The molecule has 1 aliphatic rings. The van der Waals surface area contributed by atoms with E-state index in [1.807, 2.05) is 30.3 Å². The molecule has 244 valence electrons. The fraction of sp³-hybridized carbons (Fsp3) is 0.452. The number of hydrogen-bond donors (Lipinski definition) is 8. The Morgan fingerprint density at radius 1 is 1.04 bits per heavy atom. The van der Waals surface area contributed by atoms with E-state index in [9.17, 15) is 24.3 Å². The number of guanidine groups is 1. The van der Waals surface area contributed by atoms with Gasteiger partial charge in [-0.2, -0.15) is 0 Å². The predicted molar refractivity (Wildman–Crippen MR) is 172 cm³/mol. The van der Waals surface area contributed by atoms with Gasteiger partial charge in [-0.1, -0.05) is 30.3 Å². The van der Waals surface area contributed by atoms with Gasteiger partial charge in [-0.05, 0) is 68.3 Å². The highest BCUT2D eigenvalue weighted by atomic mass is 16.3. The topological polar surface area (TPSA) is 258 Å². The number of phenols is 1. The maximum absolute atomic E-state index is 14.1. The van der Waals surface area contributed by atoms with E-state index in [2.05, 4.69) is 15.6 Å². The van der Waals surface area contributed by atoms with Crippen LogP contribution in [0.15, 0.2) is 47.5 Å². The molecule has 0 bridgehead atoms. The summed E-state index contributed by atoms with van der Waals surface area (Å²) in [6.07, 6.45) is 2.27. The fourth-order valence-electron chi connectivity index (χ4n) is 5.40. The van der Waals surface area contributed by atoms with Crippen LogP contribution in [0.3, 0.4) is 0 Å². The molecule has 2 aromatic rings. The Kier molecular flexibility index (Phi) is 12.7. The van der Waals surface area contributed by atoms with Crippen molar-refractivity contribution in [2.75, 3.05) is 18.0 Å². The molecule has 0 saturated carbocycles. The molecule has 0 radical (unpaired) electrons. The van der Waals surface area contributed by atoms with Gasteiger partial charge in [0.1, 0.15) is 23.9 Å². The number of rotatable bonds is 16. The first-order chi connectivity index (χ1) is 21.4. The highest BCUT2D eigenvalue weighted by Crippen LogP contribution is 2.36. The first-order valence-corrected chi connectivity index (χ1v) is 15.0. The first-order valence-electron chi connectivity index (χ1n) is 15.0. The second kappa shape index (κ2) is 16.4. The second-order valence-corrected chi connectivity index (χ2v) is 11.2. The molecule has 1 unspecified atom stereocenters. The van der Waals surface area contributed by atoms with E-state index in [0.29, 0.717) is 49.2 Å². The van der Waals surface area contributed by atoms with Gasteiger partial charge in [-0.15, -0.1) is 0 Å². The molecular formula is C31H45N9O5. The molecule has 14 nitrogen and oxygen atoms in total. The summed E-state index contributed by atoms with van der Waals surface area (Å²) in [5.41, 5.74) is 30.7. The van der Waals surface area contributed by atoms with Crippen LogP contribution in [0.2, 0.25) is 0 Å². The third kappa shape index (κ3) is 9.65. The molecule has 0 aliphatic carbocycles. The predicted octanol–water partition coefficient (Wildman–Crippen LogP) is -0.834. The van der Waals surface area contributed by atoms with Crippen LogP contribution in [0.25, 0.3) is 0 Å². The van der Waals surface area contributed by atoms with Crippen molar-refractivity contribution in [3.8, 4) is 5.75 Å². The van der Waals surface area contributed by atoms with Crippen molar-refractivity contribution in [1.82, 2.24) is 10.6 Å². The van der Waals surface area contributed by atoms with Crippen LogP contribution in [0.5, 0.6) is 5.75 Å². The van der Waals surface area contributed by atoms with Crippen molar-refractivity contribution in [3.63, 3.8) is 0 Å². The number of aliphatic imine (C=N–C) groups is 1. The zero-order valence-corrected chi connectivity index (χ0v) is 25.6. The summed E-state index contributed by atoms with van der Waals surface area (Å²) in [5, 5.41) is 16.0. The van der Waals surface area contributed by atoms with E-state index in [-0.39, 0.29) is 37.4 Å². The zero-order chi connectivity index (χ0) is 33.1. The van der Waals surface area contributed by atoms with Gasteiger partial charge in [0, 0.05) is 25.5 Å². The third-order valence-electron chi connectivity index (χ3n) is 7.75. The van der Waals surface area contributed by atoms with Crippen molar-refractivity contribution in [1.29, 1.82) is 0 Å². The van der Waals surface area contributed by atoms with Gasteiger partial charge >= 0.3 is 0 Å². The number of nitrogens with zero attached hydrogens (tertiary/aromatic N) is 2. The number of anilines is 1. The lowest BCUT2D eigenvalue weighted by Crippen LogP contribution is -2.61. The van der Waals surface area contributed by atoms with Crippen molar-refractivity contribution in [2.24, 2.45) is 33.7 Å². The van der Waals surface area contributed by atoms with E-state index < -0.39 is 47.8 Å². The Labute approximate surface area is 262 Å². The maximum atomic E-state index is 14.1. The van der Waals surface area contributed by atoms with Crippen LogP contribution >= 0.6 is 0 Å². The quantitative estimate of drug-likeness (QED) is 0.0658. The van der Waals surface area contributed by atoms with Gasteiger partial charge in [-0.3, -0.25) is 29.1 Å². The smallest absolute Gasteiger partial charge is 0.250 e. The molecule has 0 spiro atoms. The van der Waals surface area contributed by atoms with Crippen molar-refractivity contribution < 1.29 is 24.3 Å². The number of unbranched alkanes of at least 4 members (excludes halogenated alkanes) is 1. The van der Waals surface area contributed by atoms with Crippen LogP contribution < -0.4 is 44.2 Å². The number of fused-ring (bicyclic) bond motifs is 1. The first kappa shape index (κ1) is 34.8. The standard InChI is InChI=1S/C31H45N9O5/c1-18-14-20(41)16-26-21(18)17-24(39-28(43)22(33)10-7-13-37-31(35)36)30(45)40(26)25(11-5-6-12-32)29(44)38-23(27(34)42)15-19-8-3-2-4-9-19/h2-4,8-9,14,16,22-25,41H,5-7,10-13,15,17,32-33H2,1H3,(H2,34,42)(H,38,44)(H,39,43)(H4,35,36,37)/t22-,23+,24?,25+/m1/s1. The highest BCUT2D eigenvalue weighted by molar-refractivity contribution is 6.07. The Morgan fingerprint density at radius 2 is 1.76 bits per heavy atom. The summed E-state index contributed by atoms with van der Waals surface area (Å²) in [4.78, 5) is 58.8. The number of carbonyl (C=O) groups excluding carboxylic acids is 4. The van der Waals surface area contributed by atoms with Gasteiger partial charge in [0.05, 0.1) is 11.7 Å². The van der Waals surface area contributed by atoms with Crippen molar-refractivity contribution in [3.05, 3.63) is 59.2 Å². The SMILES string of the molecule is Cc1cc(O)cc2c1CC(NC(=O)[C@H](N)CCCN=C(N)N)C(=O)N2[C@@H](CCCCN)C(=O)N[C@@H](Cc1ccccc1)C(N)=O. The Balaban J connectivity index is 1.93. The van der Waals surface area contributed by atoms with Crippen LogP contribution in [0.1, 0.15) is 48.8 Å². The lowest BCUT2D eigenvalue weighted by molar-refractivity contribution is -0.131. The average Bonchev–Trinajstić information content (AvgIpc) is 2.98. The number of hydrogen-bond acceptors (Lipinski definition) is 8. The number of carbonyl (C=O) groups is 4. The monoisotopic (exact) mass is 623 g/mol. The molecule has 4 amide bonds. The van der Waals surface area contributed by atoms with E-state index >= 15 is 0 Å². The number of nitrogens with one attached hydrogen (secondary N) is 2. The fourth-order valence-corrected chi connectivity index (χ4v) is 5.40. The molecule has 0 aromatic heterocycles. The highest BCUT2D eigenvalue weighted by Gasteiger charge is 2.42. The average molecular weight is 624 g/mol. The van der Waals surface area contributed by atoms with Gasteiger partial charge < -0.3 is 44.4 Å². The second-order valence-electron chi connectivity index (χ2n) is 11.2. The number of benzene rings is 2. The van der Waals surface area contributed by atoms with Gasteiger partial charge in [-0.25, -0.2) is 0 Å². The minimum Gasteiger partial charge on any atom is -0.508 e. The lowest BCUT2D eigenvalue weighted by Gasteiger charge is -2.40. The van der Waals surface area contributed by atoms with E-state index in [1.54, 1.807) is 13.0 Å². The molecule has 13 N–H and O–H groups in total. The molecule has 0 saturated heterocycles. The molecule has 3 rings (SSSR count). The lowest BCUT2D eigenvalue weighted by atomic mass is 9.90. The minimum atomic E-state index is -1.10. The summed E-state index contributed by atoms with van der Waals surface area (Å²) in [6, 6.07) is 7.94. The number of phenolic OH excluding ortho intramolecular Hbond substituents is 1. The Hall–Kier alpha value is -4.69. The summed E-state index contributed by atoms with van der Waals surface area (Å²) >= 11 is 0. The number of primary amides is 1. The third-order valence-corrected chi connectivity index (χ3v) is 7.75. The number of nitrogens with two attached hydrogens (primary N) is 5.